The van der Waals surface area contributed by atoms with Crippen molar-refractivity contribution >= 4 is 11.5 Å². The zero-order valence-corrected chi connectivity index (χ0v) is 8.96. The third kappa shape index (κ3) is 2.98. The van der Waals surface area contributed by atoms with Crippen molar-refractivity contribution in [3.8, 4) is 5.75 Å². The molecule has 2 rings (SSSR count). The van der Waals surface area contributed by atoms with Crippen LogP contribution in [0.3, 0.4) is 0 Å². The Morgan fingerprint density at radius 2 is 2.00 bits per heavy atom. The number of furan rings is 1. The summed E-state index contributed by atoms with van der Waals surface area (Å²) in [6, 6.07) is 9.80. The molecule has 1 aromatic heterocycles. The van der Waals surface area contributed by atoms with Crippen LogP contribution < -0.4 is 5.32 Å². The summed E-state index contributed by atoms with van der Waals surface area (Å²) >= 11 is 0. The van der Waals surface area contributed by atoms with Crippen LogP contribution in [0.1, 0.15) is 10.6 Å². The Morgan fingerprint density at radius 3 is 2.65 bits per heavy atom. The quantitative estimate of drug-likeness (QED) is 0.480. The molecule has 0 aliphatic rings. The van der Waals surface area contributed by atoms with Crippen molar-refractivity contribution in [2.45, 2.75) is 0 Å². The van der Waals surface area contributed by atoms with Crippen molar-refractivity contribution in [3.05, 3.63) is 60.7 Å². The maximum absolute atomic E-state index is 11.5. The highest BCUT2D eigenvalue weighted by Crippen LogP contribution is 2.13. The van der Waals surface area contributed by atoms with E-state index in [1.807, 2.05) is 0 Å². The summed E-state index contributed by atoms with van der Waals surface area (Å²) < 4.78 is 4.95. The third-order valence-corrected chi connectivity index (χ3v) is 2.12. The first kappa shape index (κ1) is 11.0. The normalized spacial score (nSPS) is 10.6. The molecule has 4 heteroatoms. The number of hydrogen-bond donors (Lipinski definition) is 2. The van der Waals surface area contributed by atoms with Gasteiger partial charge in [-0.1, -0.05) is 0 Å². The fourth-order valence-corrected chi connectivity index (χ4v) is 1.27. The predicted molar refractivity (Wildman–Crippen MR) is 63.9 cm³/mol. The van der Waals surface area contributed by atoms with Crippen LogP contribution in [-0.4, -0.2) is 10.9 Å². The van der Waals surface area contributed by atoms with Gasteiger partial charge in [0, 0.05) is 18.0 Å². The Balaban J connectivity index is 1.94. The number of rotatable bonds is 4. The summed E-state index contributed by atoms with van der Waals surface area (Å²) in [6.07, 6.45) is 4.36. The van der Waals surface area contributed by atoms with Gasteiger partial charge in [-0.15, -0.1) is 0 Å². The fraction of sp³-hybridized carbons (Fsp3) is 0. The minimum absolute atomic E-state index is 0.200. The molecule has 0 unspecified atom stereocenters. The second kappa shape index (κ2) is 5.03. The van der Waals surface area contributed by atoms with E-state index >= 15 is 0 Å². The number of carbonyl (C=O) groups is 1. The van der Waals surface area contributed by atoms with Crippen LogP contribution in [-0.2, 0) is 0 Å². The lowest BCUT2D eigenvalue weighted by molar-refractivity contribution is 0.102. The van der Waals surface area contributed by atoms with E-state index in [1.54, 1.807) is 36.4 Å². The van der Waals surface area contributed by atoms with Gasteiger partial charge in [0.05, 0.1) is 6.26 Å². The lowest BCUT2D eigenvalue weighted by Crippen LogP contribution is -1.94. The molecule has 0 saturated carbocycles. The minimum Gasteiger partial charge on any atom is -0.508 e. The van der Waals surface area contributed by atoms with E-state index in [4.69, 9.17) is 9.52 Å². The summed E-state index contributed by atoms with van der Waals surface area (Å²) in [6.45, 7) is 0. The molecule has 0 saturated heterocycles. The van der Waals surface area contributed by atoms with Crippen LogP contribution in [0, 0.1) is 0 Å². The van der Waals surface area contributed by atoms with Crippen LogP contribution in [0.2, 0.25) is 0 Å². The number of ketones is 1. The van der Waals surface area contributed by atoms with Crippen LogP contribution in [0.4, 0.5) is 5.69 Å². The molecule has 0 bridgehead atoms. The highest BCUT2D eigenvalue weighted by Gasteiger charge is 2.02. The third-order valence-electron chi connectivity index (χ3n) is 2.12. The molecule has 17 heavy (non-hydrogen) atoms. The maximum Gasteiger partial charge on any atom is 0.222 e. The number of aromatic hydroxyl groups is 1. The Kier molecular flexibility index (Phi) is 3.25. The van der Waals surface area contributed by atoms with Gasteiger partial charge in [0.2, 0.25) is 5.78 Å². The Hall–Kier alpha value is -2.49. The van der Waals surface area contributed by atoms with Crippen LogP contribution in [0.25, 0.3) is 0 Å². The number of benzene rings is 1. The summed E-state index contributed by atoms with van der Waals surface area (Å²) in [5.41, 5.74) is 0.784. The van der Waals surface area contributed by atoms with Crippen molar-refractivity contribution in [1.82, 2.24) is 0 Å². The largest absolute Gasteiger partial charge is 0.508 e. The zero-order chi connectivity index (χ0) is 12.1. The summed E-state index contributed by atoms with van der Waals surface area (Å²) in [7, 11) is 0. The van der Waals surface area contributed by atoms with Crippen molar-refractivity contribution in [3.63, 3.8) is 0 Å². The van der Waals surface area contributed by atoms with Gasteiger partial charge in [-0.3, -0.25) is 4.79 Å². The monoisotopic (exact) mass is 229 g/mol. The van der Waals surface area contributed by atoms with Crippen molar-refractivity contribution < 1.29 is 14.3 Å². The first-order chi connectivity index (χ1) is 8.25. The molecule has 0 radical (unpaired) electrons. The lowest BCUT2D eigenvalue weighted by atomic mass is 10.3. The molecule has 86 valence electrons. The van der Waals surface area contributed by atoms with Gasteiger partial charge in [-0.2, -0.15) is 0 Å². The smallest absolute Gasteiger partial charge is 0.222 e. The number of phenolic OH excluding ortho intramolecular Hbond substituents is 1. The summed E-state index contributed by atoms with van der Waals surface area (Å²) in [5.74, 6) is 0.293. The molecule has 1 heterocycles. The van der Waals surface area contributed by atoms with E-state index in [2.05, 4.69) is 5.32 Å². The molecule has 4 nitrogen and oxygen atoms in total. The summed E-state index contributed by atoms with van der Waals surface area (Å²) in [5, 5.41) is 12.0. The van der Waals surface area contributed by atoms with Gasteiger partial charge < -0.3 is 14.8 Å². The van der Waals surface area contributed by atoms with E-state index in [0.717, 1.165) is 5.69 Å². The average Bonchev–Trinajstić information content (AvgIpc) is 2.85. The SMILES string of the molecule is O=C(/C=C/Nc1ccc(O)cc1)c1ccco1. The number of anilines is 1. The maximum atomic E-state index is 11.5. The first-order valence-corrected chi connectivity index (χ1v) is 5.05. The van der Waals surface area contributed by atoms with Gasteiger partial charge in [-0.25, -0.2) is 0 Å². The van der Waals surface area contributed by atoms with Crippen LogP contribution in [0.15, 0.2) is 59.4 Å². The van der Waals surface area contributed by atoms with E-state index < -0.39 is 0 Å². The molecular weight excluding hydrogens is 218 g/mol. The van der Waals surface area contributed by atoms with Crippen LogP contribution >= 0.6 is 0 Å². The van der Waals surface area contributed by atoms with Gasteiger partial charge in [0.1, 0.15) is 5.75 Å². The topological polar surface area (TPSA) is 62.5 Å². The number of allylic oxidation sites excluding steroid dienone is 1. The first-order valence-electron chi connectivity index (χ1n) is 5.05. The van der Waals surface area contributed by atoms with Crippen LogP contribution in [0.5, 0.6) is 5.75 Å². The van der Waals surface area contributed by atoms with E-state index in [0.29, 0.717) is 5.76 Å². The number of carbonyl (C=O) groups excluding carboxylic acids is 1. The molecule has 0 aliphatic heterocycles. The second-order valence-corrected chi connectivity index (χ2v) is 3.37. The molecule has 2 aromatic rings. The summed E-state index contributed by atoms with van der Waals surface area (Å²) in [4.78, 5) is 11.5. The Morgan fingerprint density at radius 1 is 1.24 bits per heavy atom. The molecule has 0 spiro atoms. The fourth-order valence-electron chi connectivity index (χ4n) is 1.27. The average molecular weight is 229 g/mol. The minimum atomic E-state index is -0.207. The second-order valence-electron chi connectivity index (χ2n) is 3.37. The van der Waals surface area contributed by atoms with Crippen molar-refractivity contribution in [1.29, 1.82) is 0 Å². The van der Waals surface area contributed by atoms with Gasteiger partial charge >= 0.3 is 0 Å². The van der Waals surface area contributed by atoms with E-state index in [-0.39, 0.29) is 11.5 Å². The van der Waals surface area contributed by atoms with E-state index in [1.165, 1.54) is 18.5 Å². The van der Waals surface area contributed by atoms with Gasteiger partial charge in [-0.05, 0) is 36.4 Å². The number of phenols is 1. The molecule has 2 N–H and O–H groups in total. The highest BCUT2D eigenvalue weighted by molar-refractivity contribution is 6.02. The molecule has 0 atom stereocenters. The Bertz CT molecular complexity index is 512. The predicted octanol–water partition coefficient (Wildman–Crippen LogP) is 2.79. The molecular formula is C13H11NO3. The highest BCUT2D eigenvalue weighted by atomic mass is 16.3. The van der Waals surface area contributed by atoms with Gasteiger partial charge in [0.25, 0.3) is 0 Å². The van der Waals surface area contributed by atoms with Gasteiger partial charge in [0.15, 0.2) is 5.76 Å². The Labute approximate surface area is 98.2 Å². The number of nitrogens with one attached hydrogen (secondary N) is 1. The standard InChI is InChI=1S/C13H11NO3/c15-11-5-3-10(4-6-11)14-8-7-12(16)13-2-1-9-17-13/h1-9,14-15H/b8-7+. The molecule has 0 aliphatic carbocycles. The van der Waals surface area contributed by atoms with Crippen molar-refractivity contribution in [2.75, 3.05) is 5.32 Å². The molecule has 0 amide bonds. The number of hydrogen-bond acceptors (Lipinski definition) is 4. The van der Waals surface area contributed by atoms with E-state index in [9.17, 15) is 4.79 Å². The van der Waals surface area contributed by atoms with Crippen molar-refractivity contribution in [2.24, 2.45) is 0 Å². The zero-order valence-electron chi connectivity index (χ0n) is 8.96. The lowest BCUT2D eigenvalue weighted by Gasteiger charge is -1.99. The molecule has 1 aromatic carbocycles. The molecule has 0 fully saturated rings.